The van der Waals surface area contributed by atoms with Crippen molar-refractivity contribution in [3.8, 4) is 0 Å². The Morgan fingerprint density at radius 3 is 2.44 bits per heavy atom. The molecule has 1 atom stereocenters. The fraction of sp³-hybridized carbons (Fsp3) is 0.500. The van der Waals surface area contributed by atoms with Crippen LogP contribution in [0.2, 0.25) is 0 Å². The molecule has 1 rings (SSSR count). The summed E-state index contributed by atoms with van der Waals surface area (Å²) in [6.45, 7) is 3.98. The van der Waals surface area contributed by atoms with E-state index in [0.29, 0.717) is 6.42 Å². The Morgan fingerprint density at radius 2 is 1.89 bits per heavy atom. The second-order valence-electron chi connectivity index (χ2n) is 4.60. The van der Waals surface area contributed by atoms with Gasteiger partial charge in [-0.3, -0.25) is 0 Å². The van der Waals surface area contributed by atoms with Crippen LogP contribution in [0.5, 0.6) is 0 Å². The molecule has 0 bridgehead atoms. The number of hydrogen-bond donors (Lipinski definition) is 3. The van der Waals surface area contributed by atoms with Gasteiger partial charge in [-0.25, -0.2) is 4.79 Å². The van der Waals surface area contributed by atoms with Crippen LogP contribution in [-0.2, 0) is 0 Å². The van der Waals surface area contributed by atoms with Crippen molar-refractivity contribution in [2.45, 2.75) is 38.8 Å². The number of hydrogen-bond acceptors (Lipinski definition) is 2. The van der Waals surface area contributed by atoms with E-state index in [-0.39, 0.29) is 24.7 Å². The molecular weight excluding hydrogens is 228 g/mol. The van der Waals surface area contributed by atoms with E-state index in [4.69, 9.17) is 5.11 Å². The van der Waals surface area contributed by atoms with Gasteiger partial charge in [-0.05, 0) is 32.3 Å². The Bertz CT molecular complexity index is 352. The monoisotopic (exact) mass is 250 g/mol. The number of rotatable bonds is 6. The van der Waals surface area contributed by atoms with Crippen LogP contribution in [0, 0.1) is 0 Å². The van der Waals surface area contributed by atoms with Gasteiger partial charge in [0, 0.05) is 12.6 Å². The Morgan fingerprint density at radius 1 is 1.22 bits per heavy atom. The van der Waals surface area contributed by atoms with Gasteiger partial charge in [-0.2, -0.15) is 0 Å². The van der Waals surface area contributed by atoms with Crippen molar-refractivity contribution >= 4 is 6.03 Å². The molecule has 0 heterocycles. The lowest BCUT2D eigenvalue weighted by Crippen LogP contribution is -2.41. The minimum atomic E-state index is -0.170. The number of amides is 2. The molecule has 0 radical (unpaired) electrons. The lowest BCUT2D eigenvalue weighted by Gasteiger charge is -2.20. The summed E-state index contributed by atoms with van der Waals surface area (Å²) < 4.78 is 0. The molecule has 0 fully saturated rings. The van der Waals surface area contributed by atoms with Crippen molar-refractivity contribution in [1.29, 1.82) is 0 Å². The van der Waals surface area contributed by atoms with Gasteiger partial charge in [0.25, 0.3) is 0 Å². The van der Waals surface area contributed by atoms with Gasteiger partial charge in [0.1, 0.15) is 0 Å². The molecule has 2 amide bonds. The summed E-state index contributed by atoms with van der Waals surface area (Å²) in [7, 11) is 0. The van der Waals surface area contributed by atoms with Crippen LogP contribution in [-0.4, -0.2) is 23.8 Å². The number of aliphatic hydroxyl groups is 1. The van der Waals surface area contributed by atoms with E-state index >= 15 is 0 Å². The van der Waals surface area contributed by atoms with Crippen molar-refractivity contribution in [1.82, 2.24) is 10.6 Å². The van der Waals surface area contributed by atoms with Crippen LogP contribution in [0.4, 0.5) is 4.79 Å². The summed E-state index contributed by atoms with van der Waals surface area (Å²) in [5.41, 5.74) is 1.06. The molecular formula is C14H22N2O2. The molecule has 18 heavy (non-hydrogen) atoms. The van der Waals surface area contributed by atoms with Crippen molar-refractivity contribution in [2.24, 2.45) is 0 Å². The molecule has 0 saturated heterocycles. The zero-order chi connectivity index (χ0) is 13.4. The normalized spacial score (nSPS) is 12.2. The van der Waals surface area contributed by atoms with Gasteiger partial charge in [0.05, 0.1) is 6.04 Å². The highest BCUT2D eigenvalue weighted by atomic mass is 16.3. The van der Waals surface area contributed by atoms with Crippen molar-refractivity contribution in [3.63, 3.8) is 0 Å². The zero-order valence-corrected chi connectivity index (χ0v) is 11.0. The largest absolute Gasteiger partial charge is 0.396 e. The molecule has 0 aliphatic heterocycles. The van der Waals surface area contributed by atoms with Gasteiger partial charge in [-0.15, -0.1) is 0 Å². The number of nitrogens with one attached hydrogen (secondary N) is 2. The molecule has 3 N–H and O–H groups in total. The van der Waals surface area contributed by atoms with E-state index < -0.39 is 0 Å². The van der Waals surface area contributed by atoms with E-state index in [0.717, 1.165) is 12.0 Å². The fourth-order valence-electron chi connectivity index (χ4n) is 1.77. The topological polar surface area (TPSA) is 61.4 Å². The van der Waals surface area contributed by atoms with Crippen LogP contribution >= 0.6 is 0 Å². The molecule has 100 valence electrons. The van der Waals surface area contributed by atoms with Gasteiger partial charge < -0.3 is 15.7 Å². The first-order chi connectivity index (χ1) is 8.63. The van der Waals surface area contributed by atoms with Crippen molar-refractivity contribution < 1.29 is 9.90 Å². The number of carbonyl (C=O) groups is 1. The van der Waals surface area contributed by atoms with Crippen LogP contribution in [0.15, 0.2) is 30.3 Å². The molecule has 1 unspecified atom stereocenters. The summed E-state index contributed by atoms with van der Waals surface area (Å²) in [6.07, 6.45) is 1.40. The zero-order valence-electron chi connectivity index (χ0n) is 11.0. The van der Waals surface area contributed by atoms with Gasteiger partial charge in [-0.1, -0.05) is 30.3 Å². The molecule has 4 heteroatoms. The lowest BCUT2D eigenvalue weighted by atomic mass is 10.0. The second kappa shape index (κ2) is 7.71. The summed E-state index contributed by atoms with van der Waals surface area (Å²) in [5.74, 6) is 0. The van der Waals surface area contributed by atoms with E-state index in [1.54, 1.807) is 0 Å². The van der Waals surface area contributed by atoms with Gasteiger partial charge >= 0.3 is 6.03 Å². The van der Waals surface area contributed by atoms with Crippen LogP contribution in [0.3, 0.4) is 0 Å². The average Bonchev–Trinajstić information content (AvgIpc) is 2.34. The third-order valence-electron chi connectivity index (χ3n) is 2.58. The summed E-state index contributed by atoms with van der Waals surface area (Å²) in [4.78, 5) is 11.7. The smallest absolute Gasteiger partial charge is 0.315 e. The van der Waals surface area contributed by atoms with Crippen LogP contribution in [0.1, 0.15) is 38.3 Å². The molecule has 1 aromatic rings. The van der Waals surface area contributed by atoms with Gasteiger partial charge in [0.2, 0.25) is 0 Å². The molecule has 0 aromatic heterocycles. The maximum atomic E-state index is 11.7. The van der Waals surface area contributed by atoms with Crippen LogP contribution in [0.25, 0.3) is 0 Å². The Kier molecular flexibility index (Phi) is 6.22. The molecule has 1 aromatic carbocycles. The van der Waals surface area contributed by atoms with Gasteiger partial charge in [0.15, 0.2) is 0 Å². The number of carbonyl (C=O) groups excluding carboxylic acids is 1. The standard InChI is InChI=1S/C14H22N2O2/c1-11(2)15-14(18)16-13(9-6-10-17)12-7-4-3-5-8-12/h3-5,7-8,11,13,17H,6,9-10H2,1-2H3,(H2,15,16,18). The highest BCUT2D eigenvalue weighted by Gasteiger charge is 2.14. The quantitative estimate of drug-likeness (QED) is 0.725. The van der Waals surface area contributed by atoms with Crippen molar-refractivity contribution in [2.75, 3.05) is 6.61 Å². The number of benzene rings is 1. The minimum Gasteiger partial charge on any atom is -0.396 e. The third-order valence-corrected chi connectivity index (χ3v) is 2.58. The SMILES string of the molecule is CC(C)NC(=O)NC(CCCO)c1ccccc1. The predicted molar refractivity (Wildman–Crippen MR) is 72.3 cm³/mol. The summed E-state index contributed by atoms with van der Waals surface area (Å²) in [6, 6.07) is 9.69. The first-order valence-corrected chi connectivity index (χ1v) is 6.36. The lowest BCUT2D eigenvalue weighted by molar-refractivity contribution is 0.231. The van der Waals surface area contributed by atoms with E-state index in [1.807, 2.05) is 44.2 Å². The third kappa shape index (κ3) is 5.19. The van der Waals surface area contributed by atoms with Crippen LogP contribution < -0.4 is 10.6 Å². The predicted octanol–water partition coefficient (Wildman–Crippen LogP) is 2.21. The fourth-order valence-corrected chi connectivity index (χ4v) is 1.77. The van der Waals surface area contributed by atoms with E-state index in [9.17, 15) is 4.79 Å². The maximum absolute atomic E-state index is 11.7. The average molecular weight is 250 g/mol. The van der Waals surface area contributed by atoms with E-state index in [2.05, 4.69) is 10.6 Å². The molecule has 0 spiro atoms. The Balaban J connectivity index is 2.64. The first-order valence-electron chi connectivity index (χ1n) is 6.36. The minimum absolute atomic E-state index is 0.0582. The number of urea groups is 1. The van der Waals surface area contributed by atoms with E-state index in [1.165, 1.54) is 0 Å². The highest BCUT2D eigenvalue weighted by Crippen LogP contribution is 2.17. The first kappa shape index (κ1) is 14.5. The summed E-state index contributed by atoms with van der Waals surface area (Å²) >= 11 is 0. The molecule has 0 aliphatic rings. The Labute approximate surface area is 108 Å². The highest BCUT2D eigenvalue weighted by molar-refractivity contribution is 5.74. The second-order valence-corrected chi connectivity index (χ2v) is 4.60. The molecule has 0 aliphatic carbocycles. The van der Waals surface area contributed by atoms with Crippen molar-refractivity contribution in [3.05, 3.63) is 35.9 Å². The number of aliphatic hydroxyl groups excluding tert-OH is 1. The molecule has 0 saturated carbocycles. The maximum Gasteiger partial charge on any atom is 0.315 e. The molecule has 4 nitrogen and oxygen atoms in total. The Hall–Kier alpha value is -1.55. The summed E-state index contributed by atoms with van der Waals surface area (Å²) in [5, 5.41) is 14.7.